The molecule has 0 unspecified atom stereocenters. The van der Waals surface area contributed by atoms with Gasteiger partial charge in [0.05, 0.1) is 12.5 Å². The number of ether oxygens (including phenoxy) is 2. The number of nitrogens with zero attached hydrogens (tertiary/aromatic N) is 2. The van der Waals surface area contributed by atoms with Crippen LogP contribution in [0.15, 0.2) is 30.3 Å². The number of carbonyl (C=O) groups excluding carboxylic acids is 2. The van der Waals surface area contributed by atoms with Gasteiger partial charge >= 0.3 is 12.1 Å². The third kappa shape index (κ3) is 4.26. The molecule has 148 valence electrons. The first-order valence-electron chi connectivity index (χ1n) is 9.56. The number of benzene rings is 1. The molecule has 0 aliphatic carbocycles. The molecule has 2 fully saturated rings. The second-order valence-corrected chi connectivity index (χ2v) is 8.68. The van der Waals surface area contributed by atoms with Gasteiger partial charge in [-0.2, -0.15) is 0 Å². The fourth-order valence-corrected chi connectivity index (χ4v) is 4.28. The molecule has 0 saturated carbocycles. The summed E-state index contributed by atoms with van der Waals surface area (Å²) in [4.78, 5) is 29.2. The zero-order valence-corrected chi connectivity index (χ0v) is 16.7. The van der Waals surface area contributed by atoms with Gasteiger partial charge in [0, 0.05) is 38.6 Å². The lowest BCUT2D eigenvalue weighted by Crippen LogP contribution is -2.53. The Kier molecular flexibility index (Phi) is 5.47. The third-order valence-corrected chi connectivity index (χ3v) is 5.53. The SMILES string of the molecule is COC(=O)[C@@]12CCN(C(=O)OC(C)(C)C)C[C@@H]1CN(Cc1ccccc1)C2. The van der Waals surface area contributed by atoms with Crippen molar-refractivity contribution >= 4 is 12.1 Å². The molecule has 6 heteroatoms. The lowest BCUT2D eigenvalue weighted by atomic mass is 9.72. The molecule has 1 aromatic carbocycles. The predicted molar refractivity (Wildman–Crippen MR) is 102 cm³/mol. The molecule has 3 rings (SSSR count). The van der Waals surface area contributed by atoms with Crippen LogP contribution < -0.4 is 0 Å². The summed E-state index contributed by atoms with van der Waals surface area (Å²) in [7, 11) is 1.45. The molecular formula is C21H30N2O4. The summed E-state index contributed by atoms with van der Waals surface area (Å²) in [5, 5.41) is 0. The van der Waals surface area contributed by atoms with E-state index in [2.05, 4.69) is 17.0 Å². The molecule has 6 nitrogen and oxygen atoms in total. The minimum atomic E-state index is -0.540. The van der Waals surface area contributed by atoms with Gasteiger partial charge in [0.25, 0.3) is 0 Å². The van der Waals surface area contributed by atoms with E-state index in [0.29, 0.717) is 26.1 Å². The highest BCUT2D eigenvalue weighted by Crippen LogP contribution is 2.44. The summed E-state index contributed by atoms with van der Waals surface area (Å²) in [6.45, 7) is 8.86. The highest BCUT2D eigenvalue weighted by atomic mass is 16.6. The zero-order valence-electron chi connectivity index (χ0n) is 16.7. The smallest absolute Gasteiger partial charge is 0.410 e. The Labute approximate surface area is 161 Å². The number of methoxy groups -OCH3 is 1. The molecule has 1 amide bonds. The van der Waals surface area contributed by atoms with Crippen LogP contribution in [-0.4, -0.2) is 60.8 Å². The third-order valence-electron chi connectivity index (χ3n) is 5.53. The van der Waals surface area contributed by atoms with Crippen molar-refractivity contribution in [1.29, 1.82) is 0 Å². The lowest BCUT2D eigenvalue weighted by molar-refractivity contribution is -0.157. The van der Waals surface area contributed by atoms with Crippen LogP contribution in [0.25, 0.3) is 0 Å². The quantitative estimate of drug-likeness (QED) is 0.762. The molecule has 2 heterocycles. The Balaban J connectivity index is 1.74. The van der Waals surface area contributed by atoms with E-state index < -0.39 is 11.0 Å². The Bertz CT molecular complexity index is 685. The van der Waals surface area contributed by atoms with Gasteiger partial charge in [-0.25, -0.2) is 4.79 Å². The molecule has 0 aromatic heterocycles. The highest BCUT2D eigenvalue weighted by Gasteiger charge is 2.55. The van der Waals surface area contributed by atoms with E-state index in [4.69, 9.17) is 9.47 Å². The van der Waals surface area contributed by atoms with Crippen molar-refractivity contribution in [3.63, 3.8) is 0 Å². The first kappa shape index (κ1) is 19.7. The van der Waals surface area contributed by atoms with Crippen LogP contribution in [0.5, 0.6) is 0 Å². The van der Waals surface area contributed by atoms with Crippen molar-refractivity contribution in [2.45, 2.75) is 39.3 Å². The van der Waals surface area contributed by atoms with Crippen molar-refractivity contribution in [3.05, 3.63) is 35.9 Å². The van der Waals surface area contributed by atoms with Gasteiger partial charge in [-0.15, -0.1) is 0 Å². The van der Waals surface area contributed by atoms with Crippen molar-refractivity contribution in [1.82, 2.24) is 9.80 Å². The van der Waals surface area contributed by atoms with Crippen LogP contribution in [0.3, 0.4) is 0 Å². The number of likely N-dealkylation sites (tertiary alicyclic amines) is 2. The van der Waals surface area contributed by atoms with Crippen molar-refractivity contribution in [2.75, 3.05) is 33.3 Å². The van der Waals surface area contributed by atoms with Gasteiger partial charge in [-0.1, -0.05) is 30.3 Å². The van der Waals surface area contributed by atoms with Gasteiger partial charge in [0.15, 0.2) is 0 Å². The topological polar surface area (TPSA) is 59.1 Å². The molecule has 2 aliphatic rings. The Hall–Kier alpha value is -2.08. The van der Waals surface area contributed by atoms with Crippen molar-refractivity contribution < 1.29 is 19.1 Å². The maximum absolute atomic E-state index is 12.7. The minimum Gasteiger partial charge on any atom is -0.469 e. The maximum Gasteiger partial charge on any atom is 0.410 e. The summed E-state index contributed by atoms with van der Waals surface area (Å²) >= 11 is 0. The van der Waals surface area contributed by atoms with Crippen LogP contribution in [0.1, 0.15) is 32.8 Å². The summed E-state index contributed by atoms with van der Waals surface area (Å²) in [6.07, 6.45) is 0.303. The number of piperidine rings is 1. The molecule has 2 aliphatic heterocycles. The highest BCUT2D eigenvalue weighted by molar-refractivity contribution is 5.79. The molecule has 2 atom stereocenters. The second-order valence-electron chi connectivity index (χ2n) is 8.68. The monoisotopic (exact) mass is 374 g/mol. The molecular weight excluding hydrogens is 344 g/mol. The minimum absolute atomic E-state index is 0.0509. The fraction of sp³-hybridized carbons (Fsp3) is 0.619. The van der Waals surface area contributed by atoms with Gasteiger partial charge < -0.3 is 14.4 Å². The van der Waals surface area contributed by atoms with E-state index in [-0.39, 0.29) is 18.0 Å². The van der Waals surface area contributed by atoms with Gasteiger partial charge in [0.2, 0.25) is 0 Å². The molecule has 2 saturated heterocycles. The predicted octanol–water partition coefficient (Wildman–Crippen LogP) is 2.92. The van der Waals surface area contributed by atoms with E-state index in [0.717, 1.165) is 13.1 Å². The fourth-order valence-electron chi connectivity index (χ4n) is 4.28. The van der Waals surface area contributed by atoms with Crippen LogP contribution >= 0.6 is 0 Å². The summed E-state index contributed by atoms with van der Waals surface area (Å²) in [5.41, 5.74) is 0.158. The van der Waals surface area contributed by atoms with Gasteiger partial charge in [-0.05, 0) is 32.8 Å². The van der Waals surface area contributed by atoms with Crippen LogP contribution in [0.4, 0.5) is 4.79 Å². The normalized spacial score (nSPS) is 25.8. The number of hydrogen-bond donors (Lipinski definition) is 0. The molecule has 0 radical (unpaired) electrons. The second kappa shape index (κ2) is 7.50. The number of esters is 1. The average molecular weight is 374 g/mol. The Morgan fingerprint density at radius 3 is 2.52 bits per heavy atom. The molecule has 0 spiro atoms. The zero-order chi connectivity index (χ0) is 19.7. The molecule has 0 bridgehead atoms. The number of fused-ring (bicyclic) bond motifs is 1. The largest absolute Gasteiger partial charge is 0.469 e. The average Bonchev–Trinajstić information content (AvgIpc) is 2.98. The molecule has 27 heavy (non-hydrogen) atoms. The number of carbonyl (C=O) groups is 2. The van der Waals surface area contributed by atoms with E-state index in [1.165, 1.54) is 12.7 Å². The first-order chi connectivity index (χ1) is 12.7. The van der Waals surface area contributed by atoms with E-state index in [9.17, 15) is 9.59 Å². The van der Waals surface area contributed by atoms with Crippen molar-refractivity contribution in [3.8, 4) is 0 Å². The van der Waals surface area contributed by atoms with Crippen LogP contribution in [-0.2, 0) is 20.8 Å². The Morgan fingerprint density at radius 2 is 1.89 bits per heavy atom. The van der Waals surface area contributed by atoms with Gasteiger partial charge in [-0.3, -0.25) is 9.69 Å². The Morgan fingerprint density at radius 1 is 1.19 bits per heavy atom. The first-order valence-corrected chi connectivity index (χ1v) is 9.56. The summed E-state index contributed by atoms with van der Waals surface area (Å²) < 4.78 is 10.7. The maximum atomic E-state index is 12.7. The van der Waals surface area contributed by atoms with E-state index in [1.54, 1.807) is 4.90 Å². The van der Waals surface area contributed by atoms with Crippen LogP contribution in [0.2, 0.25) is 0 Å². The number of amides is 1. The number of rotatable bonds is 3. The van der Waals surface area contributed by atoms with E-state index >= 15 is 0 Å². The molecule has 1 aromatic rings. The standard InChI is InChI=1S/C21H30N2O4/c1-20(2,3)27-19(25)23-11-10-21(18(24)26-4)15-22(13-17(21)14-23)12-16-8-6-5-7-9-16/h5-9,17H,10-15H2,1-4H3/t17-,21+/m0/s1. The molecule has 0 N–H and O–H groups in total. The lowest BCUT2D eigenvalue weighted by Gasteiger charge is -2.41. The van der Waals surface area contributed by atoms with Crippen LogP contribution in [0, 0.1) is 11.3 Å². The van der Waals surface area contributed by atoms with Gasteiger partial charge in [0.1, 0.15) is 5.60 Å². The van der Waals surface area contributed by atoms with E-state index in [1.807, 2.05) is 39.0 Å². The number of hydrogen-bond acceptors (Lipinski definition) is 5. The summed E-state index contributed by atoms with van der Waals surface area (Å²) in [6, 6.07) is 10.2. The summed E-state index contributed by atoms with van der Waals surface area (Å²) in [5.74, 6) is -0.109. The van der Waals surface area contributed by atoms with Crippen molar-refractivity contribution in [2.24, 2.45) is 11.3 Å².